The van der Waals surface area contributed by atoms with Crippen LogP contribution in [0.5, 0.6) is 0 Å². The average Bonchev–Trinajstić information content (AvgIpc) is 2.33. The SMILES string of the molecule is NC(=O)C1CSCC(=O)N1Cc1ccccc1. The zero-order valence-corrected chi connectivity index (χ0v) is 10.2. The summed E-state index contributed by atoms with van der Waals surface area (Å²) in [5.41, 5.74) is 6.34. The molecule has 1 aromatic carbocycles. The minimum absolute atomic E-state index is 0.0195. The molecule has 0 aromatic heterocycles. The van der Waals surface area contributed by atoms with Crippen molar-refractivity contribution in [3.8, 4) is 0 Å². The van der Waals surface area contributed by atoms with Gasteiger partial charge in [0.25, 0.3) is 0 Å². The standard InChI is InChI=1S/C12H14N2O2S/c13-12(16)10-7-17-8-11(15)14(10)6-9-4-2-1-3-5-9/h1-5,10H,6-8H2,(H2,13,16). The molecule has 0 spiro atoms. The highest BCUT2D eigenvalue weighted by molar-refractivity contribution is 8.00. The van der Waals surface area contributed by atoms with Crippen molar-refractivity contribution in [1.29, 1.82) is 0 Å². The minimum Gasteiger partial charge on any atom is -0.368 e. The molecule has 1 heterocycles. The highest BCUT2D eigenvalue weighted by Gasteiger charge is 2.32. The highest BCUT2D eigenvalue weighted by atomic mass is 32.2. The van der Waals surface area contributed by atoms with E-state index in [2.05, 4.69) is 0 Å². The molecule has 90 valence electrons. The van der Waals surface area contributed by atoms with Crippen LogP contribution in [0.25, 0.3) is 0 Å². The number of primary amides is 1. The Hall–Kier alpha value is -1.49. The predicted octanol–water partition coefficient (Wildman–Crippen LogP) is 0.616. The molecule has 5 heteroatoms. The fourth-order valence-corrected chi connectivity index (χ4v) is 2.84. The van der Waals surface area contributed by atoms with Crippen molar-refractivity contribution >= 4 is 23.6 Å². The molecule has 0 radical (unpaired) electrons. The Morgan fingerprint density at radius 2 is 2.12 bits per heavy atom. The normalized spacial score (nSPS) is 20.4. The van der Waals surface area contributed by atoms with E-state index in [0.29, 0.717) is 18.1 Å². The molecular weight excluding hydrogens is 236 g/mol. The summed E-state index contributed by atoms with van der Waals surface area (Å²) in [6.45, 7) is 0.452. The molecule has 0 aliphatic carbocycles. The Kier molecular flexibility index (Phi) is 3.68. The maximum Gasteiger partial charge on any atom is 0.241 e. The van der Waals surface area contributed by atoms with E-state index in [1.54, 1.807) is 4.90 Å². The molecule has 1 saturated heterocycles. The summed E-state index contributed by atoms with van der Waals surface area (Å²) in [5, 5.41) is 0. The molecule has 1 unspecified atom stereocenters. The Labute approximate surface area is 104 Å². The maximum atomic E-state index is 11.8. The van der Waals surface area contributed by atoms with E-state index in [1.165, 1.54) is 11.8 Å². The van der Waals surface area contributed by atoms with E-state index in [0.717, 1.165) is 5.56 Å². The second kappa shape index (κ2) is 5.23. The maximum absolute atomic E-state index is 11.8. The first kappa shape index (κ1) is 12.0. The summed E-state index contributed by atoms with van der Waals surface area (Å²) < 4.78 is 0. The van der Waals surface area contributed by atoms with Gasteiger partial charge >= 0.3 is 0 Å². The second-order valence-electron chi connectivity index (χ2n) is 3.94. The van der Waals surface area contributed by atoms with Crippen LogP contribution in [-0.2, 0) is 16.1 Å². The van der Waals surface area contributed by atoms with Crippen molar-refractivity contribution in [2.75, 3.05) is 11.5 Å². The summed E-state index contributed by atoms with van der Waals surface area (Å²) in [4.78, 5) is 24.7. The van der Waals surface area contributed by atoms with Crippen molar-refractivity contribution in [1.82, 2.24) is 4.90 Å². The van der Waals surface area contributed by atoms with E-state index in [1.807, 2.05) is 30.3 Å². The molecule has 4 nitrogen and oxygen atoms in total. The van der Waals surface area contributed by atoms with Gasteiger partial charge in [-0.25, -0.2) is 0 Å². The predicted molar refractivity (Wildman–Crippen MR) is 67.3 cm³/mol. The Morgan fingerprint density at radius 3 is 2.76 bits per heavy atom. The van der Waals surface area contributed by atoms with Crippen molar-refractivity contribution in [2.24, 2.45) is 5.73 Å². The van der Waals surface area contributed by atoms with Gasteiger partial charge < -0.3 is 10.6 Å². The molecule has 17 heavy (non-hydrogen) atoms. The summed E-state index contributed by atoms with van der Waals surface area (Å²) >= 11 is 1.46. The second-order valence-corrected chi connectivity index (χ2v) is 4.97. The first-order chi connectivity index (χ1) is 8.18. The third-order valence-corrected chi connectivity index (χ3v) is 3.72. The number of amides is 2. The van der Waals surface area contributed by atoms with Gasteiger partial charge in [0.2, 0.25) is 11.8 Å². The number of rotatable bonds is 3. The number of hydrogen-bond donors (Lipinski definition) is 1. The van der Waals surface area contributed by atoms with Gasteiger partial charge in [0.05, 0.1) is 5.75 Å². The van der Waals surface area contributed by atoms with Crippen LogP contribution in [0.1, 0.15) is 5.56 Å². The smallest absolute Gasteiger partial charge is 0.241 e. The molecule has 1 aromatic rings. The number of carbonyl (C=O) groups excluding carboxylic acids is 2. The van der Waals surface area contributed by atoms with Gasteiger partial charge in [-0.05, 0) is 5.56 Å². The molecule has 1 fully saturated rings. The fourth-order valence-electron chi connectivity index (χ4n) is 1.82. The van der Waals surface area contributed by atoms with Crippen molar-refractivity contribution < 1.29 is 9.59 Å². The van der Waals surface area contributed by atoms with Gasteiger partial charge in [-0.2, -0.15) is 0 Å². The Morgan fingerprint density at radius 1 is 1.41 bits per heavy atom. The number of thioether (sulfide) groups is 1. The number of carbonyl (C=O) groups is 2. The van der Waals surface area contributed by atoms with Crippen molar-refractivity contribution in [3.05, 3.63) is 35.9 Å². The van der Waals surface area contributed by atoms with E-state index >= 15 is 0 Å². The van der Waals surface area contributed by atoms with Crippen LogP contribution < -0.4 is 5.73 Å². The van der Waals surface area contributed by atoms with Crippen LogP contribution >= 0.6 is 11.8 Å². The largest absolute Gasteiger partial charge is 0.368 e. The van der Waals surface area contributed by atoms with E-state index < -0.39 is 11.9 Å². The first-order valence-corrected chi connectivity index (χ1v) is 6.54. The van der Waals surface area contributed by atoms with Crippen LogP contribution in [0.3, 0.4) is 0 Å². The van der Waals surface area contributed by atoms with Gasteiger partial charge in [0, 0.05) is 12.3 Å². The van der Waals surface area contributed by atoms with Crippen LogP contribution in [0.2, 0.25) is 0 Å². The van der Waals surface area contributed by atoms with Gasteiger partial charge in [0.15, 0.2) is 0 Å². The number of benzene rings is 1. The lowest BCUT2D eigenvalue weighted by Crippen LogP contribution is -2.52. The number of hydrogen-bond acceptors (Lipinski definition) is 3. The van der Waals surface area contributed by atoms with Gasteiger partial charge in [0.1, 0.15) is 6.04 Å². The molecule has 1 atom stereocenters. The summed E-state index contributed by atoms with van der Waals surface area (Å²) in [6, 6.07) is 9.14. The van der Waals surface area contributed by atoms with Crippen LogP contribution in [0, 0.1) is 0 Å². The summed E-state index contributed by atoms with van der Waals surface area (Å²) in [7, 11) is 0. The molecule has 2 rings (SSSR count). The number of nitrogens with two attached hydrogens (primary N) is 1. The molecule has 0 saturated carbocycles. The van der Waals surface area contributed by atoms with Gasteiger partial charge in [-0.1, -0.05) is 30.3 Å². The van der Waals surface area contributed by atoms with E-state index in [4.69, 9.17) is 5.73 Å². The van der Waals surface area contributed by atoms with Crippen LogP contribution in [0.4, 0.5) is 0 Å². The van der Waals surface area contributed by atoms with Crippen molar-refractivity contribution in [2.45, 2.75) is 12.6 Å². The Balaban J connectivity index is 2.15. The molecule has 1 aliphatic rings. The monoisotopic (exact) mass is 250 g/mol. The third-order valence-electron chi connectivity index (χ3n) is 2.72. The quantitative estimate of drug-likeness (QED) is 0.855. The minimum atomic E-state index is -0.485. The highest BCUT2D eigenvalue weighted by Crippen LogP contribution is 2.19. The zero-order valence-electron chi connectivity index (χ0n) is 9.33. The summed E-state index contributed by atoms with van der Waals surface area (Å²) in [6.07, 6.45) is 0. The lowest BCUT2D eigenvalue weighted by Gasteiger charge is -2.33. The molecular formula is C12H14N2O2S. The zero-order chi connectivity index (χ0) is 12.3. The Bertz CT molecular complexity index is 422. The fraction of sp³-hybridized carbons (Fsp3) is 0.333. The van der Waals surface area contributed by atoms with Gasteiger partial charge in [-0.15, -0.1) is 11.8 Å². The molecule has 2 N–H and O–H groups in total. The lowest BCUT2D eigenvalue weighted by atomic mass is 10.1. The average molecular weight is 250 g/mol. The molecule has 2 amide bonds. The topological polar surface area (TPSA) is 63.4 Å². The number of nitrogens with zero attached hydrogens (tertiary/aromatic N) is 1. The van der Waals surface area contributed by atoms with Crippen LogP contribution in [-0.4, -0.2) is 34.3 Å². The third kappa shape index (κ3) is 2.79. The van der Waals surface area contributed by atoms with E-state index in [-0.39, 0.29) is 5.91 Å². The molecule has 0 bridgehead atoms. The first-order valence-electron chi connectivity index (χ1n) is 5.39. The lowest BCUT2D eigenvalue weighted by molar-refractivity contribution is -0.137. The van der Waals surface area contributed by atoms with Gasteiger partial charge in [-0.3, -0.25) is 9.59 Å². The summed E-state index contributed by atoms with van der Waals surface area (Å²) in [5.74, 6) is 0.570. The van der Waals surface area contributed by atoms with Crippen molar-refractivity contribution in [3.63, 3.8) is 0 Å². The van der Waals surface area contributed by atoms with Crippen LogP contribution in [0.15, 0.2) is 30.3 Å². The molecule has 1 aliphatic heterocycles. The van der Waals surface area contributed by atoms with E-state index in [9.17, 15) is 9.59 Å².